The van der Waals surface area contributed by atoms with Crippen LogP contribution in [-0.2, 0) is 6.54 Å². The number of aromatic hydroxyl groups is 1. The minimum Gasteiger partial charge on any atom is -0.508 e. The number of rotatable bonds is 8. The molecule has 5 nitrogen and oxygen atoms in total. The van der Waals surface area contributed by atoms with Crippen molar-refractivity contribution >= 4 is 0 Å². The van der Waals surface area contributed by atoms with Gasteiger partial charge in [-0.3, -0.25) is 0 Å². The van der Waals surface area contributed by atoms with Gasteiger partial charge in [-0.1, -0.05) is 0 Å². The number of imidazole rings is 1. The molecule has 0 spiro atoms. The molecule has 0 saturated heterocycles. The lowest BCUT2D eigenvalue weighted by atomic mass is 10.1. The fourth-order valence-corrected chi connectivity index (χ4v) is 2.48. The third kappa shape index (κ3) is 4.24. The lowest BCUT2D eigenvalue weighted by Crippen LogP contribution is -2.20. The first-order valence-corrected chi connectivity index (χ1v) is 7.70. The molecule has 1 aromatic carbocycles. The smallest absolute Gasteiger partial charge is 0.120 e. The highest BCUT2D eigenvalue weighted by Gasteiger charge is 2.10. The van der Waals surface area contributed by atoms with Gasteiger partial charge in [0.25, 0.3) is 0 Å². The van der Waals surface area contributed by atoms with Crippen molar-refractivity contribution in [2.45, 2.75) is 39.3 Å². The number of aryl methyl sites for hydroxylation is 2. The van der Waals surface area contributed by atoms with Gasteiger partial charge in [0.05, 0.1) is 7.11 Å². The number of nitrogens with one attached hydrogen (secondary N) is 1. The van der Waals surface area contributed by atoms with E-state index in [1.165, 1.54) is 0 Å². The molecular weight excluding hydrogens is 278 g/mol. The van der Waals surface area contributed by atoms with E-state index < -0.39 is 0 Å². The normalized spacial score (nSPS) is 12.3. The monoisotopic (exact) mass is 303 g/mol. The highest BCUT2D eigenvalue weighted by Crippen LogP contribution is 2.28. The third-order valence-electron chi connectivity index (χ3n) is 3.90. The van der Waals surface area contributed by atoms with Crippen molar-refractivity contribution in [2.75, 3.05) is 13.7 Å². The summed E-state index contributed by atoms with van der Waals surface area (Å²) in [5.74, 6) is 2.12. The summed E-state index contributed by atoms with van der Waals surface area (Å²) in [7, 11) is 1.63. The molecule has 0 radical (unpaired) electrons. The number of ether oxygens (including phenoxy) is 1. The first-order valence-electron chi connectivity index (χ1n) is 7.70. The molecule has 1 aromatic heterocycles. The molecule has 0 amide bonds. The van der Waals surface area contributed by atoms with Gasteiger partial charge in [-0.05, 0) is 51.4 Å². The molecule has 120 valence electrons. The predicted molar refractivity (Wildman–Crippen MR) is 87.3 cm³/mol. The van der Waals surface area contributed by atoms with Crippen LogP contribution < -0.4 is 10.1 Å². The molecule has 0 bridgehead atoms. The van der Waals surface area contributed by atoms with Crippen molar-refractivity contribution in [3.8, 4) is 11.5 Å². The van der Waals surface area contributed by atoms with E-state index in [4.69, 9.17) is 4.74 Å². The van der Waals surface area contributed by atoms with Crippen LogP contribution in [0.1, 0.15) is 37.2 Å². The molecule has 0 aliphatic carbocycles. The Bertz CT molecular complexity index is 595. The topological polar surface area (TPSA) is 59.3 Å². The van der Waals surface area contributed by atoms with Gasteiger partial charge in [-0.25, -0.2) is 4.98 Å². The first-order chi connectivity index (χ1) is 10.6. The van der Waals surface area contributed by atoms with Crippen LogP contribution in [0.2, 0.25) is 0 Å². The first kappa shape index (κ1) is 16.4. The largest absolute Gasteiger partial charge is 0.508 e. The summed E-state index contributed by atoms with van der Waals surface area (Å²) in [4.78, 5) is 4.22. The fourth-order valence-electron chi connectivity index (χ4n) is 2.48. The summed E-state index contributed by atoms with van der Waals surface area (Å²) in [6.07, 6.45) is 6.02. The highest BCUT2D eigenvalue weighted by molar-refractivity contribution is 5.41. The van der Waals surface area contributed by atoms with Crippen molar-refractivity contribution < 1.29 is 9.84 Å². The Kier molecular flexibility index (Phi) is 5.83. The van der Waals surface area contributed by atoms with Gasteiger partial charge >= 0.3 is 0 Å². The van der Waals surface area contributed by atoms with E-state index in [0.29, 0.717) is 5.75 Å². The number of hydrogen-bond acceptors (Lipinski definition) is 4. The van der Waals surface area contributed by atoms with E-state index in [-0.39, 0.29) is 6.04 Å². The van der Waals surface area contributed by atoms with Crippen LogP contribution in [0, 0.1) is 6.92 Å². The number of phenolic OH excluding ortho intramolecular Hbond substituents is 1. The maximum atomic E-state index is 9.95. The van der Waals surface area contributed by atoms with Gasteiger partial charge in [0, 0.05) is 30.5 Å². The number of phenols is 1. The van der Waals surface area contributed by atoms with Crippen molar-refractivity contribution in [2.24, 2.45) is 0 Å². The third-order valence-corrected chi connectivity index (χ3v) is 3.90. The van der Waals surface area contributed by atoms with Crippen LogP contribution in [0.15, 0.2) is 30.6 Å². The molecule has 1 heterocycles. The Balaban J connectivity index is 1.76. The number of aromatic nitrogens is 2. The number of unbranched alkanes of at least 4 members (excludes halogenated alkanes) is 1. The summed E-state index contributed by atoms with van der Waals surface area (Å²) in [6.45, 7) is 5.97. The summed E-state index contributed by atoms with van der Waals surface area (Å²) in [6, 6.07) is 5.40. The molecule has 0 fully saturated rings. The molecule has 1 atom stereocenters. The number of hydrogen-bond donors (Lipinski definition) is 2. The molecule has 0 saturated carbocycles. The van der Waals surface area contributed by atoms with Crippen molar-refractivity contribution in [3.63, 3.8) is 0 Å². The van der Waals surface area contributed by atoms with Crippen LogP contribution >= 0.6 is 0 Å². The van der Waals surface area contributed by atoms with E-state index in [1.807, 2.05) is 25.4 Å². The van der Waals surface area contributed by atoms with Crippen LogP contribution in [-0.4, -0.2) is 28.3 Å². The zero-order valence-electron chi connectivity index (χ0n) is 13.5. The quantitative estimate of drug-likeness (QED) is 0.736. The summed E-state index contributed by atoms with van der Waals surface area (Å²) in [5.41, 5.74) is 0.866. The highest BCUT2D eigenvalue weighted by atomic mass is 16.5. The molecule has 22 heavy (non-hydrogen) atoms. The van der Waals surface area contributed by atoms with Crippen LogP contribution in [0.5, 0.6) is 11.5 Å². The maximum Gasteiger partial charge on any atom is 0.120 e. The lowest BCUT2D eigenvalue weighted by Gasteiger charge is -2.16. The van der Waals surface area contributed by atoms with Gasteiger partial charge in [-0.2, -0.15) is 0 Å². The van der Waals surface area contributed by atoms with E-state index in [0.717, 1.165) is 43.1 Å². The fraction of sp³-hybridized carbons (Fsp3) is 0.471. The van der Waals surface area contributed by atoms with E-state index in [2.05, 4.69) is 21.8 Å². The number of nitrogens with zero attached hydrogens (tertiary/aromatic N) is 2. The predicted octanol–water partition coefficient (Wildman–Crippen LogP) is 3.04. The standard InChI is InChI=1S/C17H25N3O2/c1-13(16-12-15(22-3)6-7-17(16)21)18-8-4-5-10-20-11-9-19-14(20)2/h6-7,9,11-13,18,21H,4-5,8,10H2,1-3H3. The molecule has 2 rings (SSSR count). The summed E-state index contributed by atoms with van der Waals surface area (Å²) >= 11 is 0. The van der Waals surface area contributed by atoms with Crippen LogP contribution in [0.3, 0.4) is 0 Å². The number of methoxy groups -OCH3 is 1. The maximum absolute atomic E-state index is 9.95. The molecular formula is C17H25N3O2. The second kappa shape index (κ2) is 7.84. The minimum atomic E-state index is 0.0880. The number of benzene rings is 1. The average Bonchev–Trinajstić information content (AvgIpc) is 2.92. The molecule has 2 aromatic rings. The minimum absolute atomic E-state index is 0.0880. The molecule has 5 heteroatoms. The van der Waals surface area contributed by atoms with Crippen molar-refractivity contribution in [1.29, 1.82) is 0 Å². The lowest BCUT2D eigenvalue weighted by molar-refractivity contribution is 0.407. The zero-order chi connectivity index (χ0) is 15.9. The van der Waals surface area contributed by atoms with E-state index in [1.54, 1.807) is 19.2 Å². The Hall–Kier alpha value is -2.01. The Morgan fingerprint density at radius 3 is 2.86 bits per heavy atom. The van der Waals surface area contributed by atoms with E-state index in [9.17, 15) is 5.11 Å². The van der Waals surface area contributed by atoms with Crippen molar-refractivity contribution in [1.82, 2.24) is 14.9 Å². The SMILES string of the molecule is COc1ccc(O)c(C(C)NCCCCn2ccnc2C)c1. The van der Waals surface area contributed by atoms with Gasteiger partial charge in [-0.15, -0.1) is 0 Å². The van der Waals surface area contributed by atoms with Gasteiger partial charge in [0.2, 0.25) is 0 Å². The van der Waals surface area contributed by atoms with Crippen LogP contribution in [0.25, 0.3) is 0 Å². The van der Waals surface area contributed by atoms with Gasteiger partial charge in [0.1, 0.15) is 17.3 Å². The molecule has 0 aliphatic heterocycles. The Morgan fingerprint density at radius 2 is 2.18 bits per heavy atom. The second-order valence-corrected chi connectivity index (χ2v) is 5.48. The summed E-state index contributed by atoms with van der Waals surface area (Å²) in [5, 5.41) is 13.4. The van der Waals surface area contributed by atoms with Crippen molar-refractivity contribution in [3.05, 3.63) is 42.0 Å². The van der Waals surface area contributed by atoms with Gasteiger partial charge < -0.3 is 19.7 Å². The van der Waals surface area contributed by atoms with Crippen LogP contribution in [0.4, 0.5) is 0 Å². The zero-order valence-corrected chi connectivity index (χ0v) is 13.5. The molecule has 0 aliphatic rings. The Labute approximate surface area is 132 Å². The Morgan fingerprint density at radius 1 is 1.36 bits per heavy atom. The summed E-state index contributed by atoms with van der Waals surface area (Å²) < 4.78 is 7.37. The molecule has 2 N–H and O–H groups in total. The molecule has 1 unspecified atom stereocenters. The second-order valence-electron chi connectivity index (χ2n) is 5.48. The van der Waals surface area contributed by atoms with Gasteiger partial charge in [0.15, 0.2) is 0 Å². The average molecular weight is 303 g/mol. The van der Waals surface area contributed by atoms with E-state index >= 15 is 0 Å².